The molecule has 1 heterocycles. The van der Waals surface area contributed by atoms with Gasteiger partial charge >= 0.3 is 0 Å². The van der Waals surface area contributed by atoms with Crippen LogP contribution in [0.5, 0.6) is 5.75 Å². The van der Waals surface area contributed by atoms with Gasteiger partial charge in [0.15, 0.2) is 0 Å². The van der Waals surface area contributed by atoms with E-state index in [9.17, 15) is 10.2 Å². The van der Waals surface area contributed by atoms with Gasteiger partial charge in [0.05, 0.1) is 6.54 Å². The summed E-state index contributed by atoms with van der Waals surface area (Å²) >= 11 is 3.39. The molecule has 0 amide bonds. The highest BCUT2D eigenvalue weighted by Crippen LogP contribution is 2.47. The fraction of sp³-hybridized carbons (Fsp3) is 0.111. The molecule has 0 aliphatic carbocycles. The fourth-order valence-corrected chi connectivity index (χ4v) is 4.88. The first-order chi connectivity index (χ1) is 15.1. The summed E-state index contributed by atoms with van der Waals surface area (Å²) in [5.74, 6) is 0.0817. The highest BCUT2D eigenvalue weighted by molar-refractivity contribution is 9.10. The number of phenols is 1. The number of halogens is 1. The molecule has 0 fully saturated rings. The van der Waals surface area contributed by atoms with Crippen molar-refractivity contribution < 1.29 is 10.2 Å². The van der Waals surface area contributed by atoms with Crippen molar-refractivity contribution in [2.75, 3.05) is 11.4 Å². The summed E-state index contributed by atoms with van der Waals surface area (Å²) in [6.45, 7) is 1.02. The van der Waals surface area contributed by atoms with Crippen molar-refractivity contribution in [1.29, 1.82) is 0 Å². The first-order valence-corrected chi connectivity index (χ1v) is 11.0. The fourth-order valence-electron chi connectivity index (χ4n) is 4.53. The zero-order chi connectivity index (χ0) is 21.4. The van der Waals surface area contributed by atoms with Gasteiger partial charge < -0.3 is 15.1 Å². The van der Waals surface area contributed by atoms with Crippen molar-refractivity contribution in [3.63, 3.8) is 0 Å². The molecular formula is C27H22BrNO2. The minimum Gasteiger partial charge on any atom is -0.508 e. The molecule has 0 saturated heterocycles. The highest BCUT2D eigenvalue weighted by Gasteiger charge is 2.44. The SMILES string of the molecule is Oc1cc(Br)ccc1C1(O)CN(Cc2ccccc2-c2ccccc2)c2ccccc21. The summed E-state index contributed by atoms with van der Waals surface area (Å²) < 4.78 is 0.775. The van der Waals surface area contributed by atoms with Crippen LogP contribution < -0.4 is 4.90 Å². The van der Waals surface area contributed by atoms with Crippen molar-refractivity contribution in [2.24, 2.45) is 0 Å². The molecule has 0 spiro atoms. The van der Waals surface area contributed by atoms with E-state index in [1.807, 2.05) is 48.5 Å². The Kier molecular flexibility index (Phi) is 5.05. The Labute approximate surface area is 190 Å². The third kappa shape index (κ3) is 3.52. The topological polar surface area (TPSA) is 43.7 Å². The quantitative estimate of drug-likeness (QED) is 0.379. The molecule has 1 atom stereocenters. The third-order valence-corrected chi connectivity index (χ3v) is 6.47. The van der Waals surface area contributed by atoms with Crippen LogP contribution in [0.3, 0.4) is 0 Å². The molecule has 0 saturated carbocycles. The van der Waals surface area contributed by atoms with E-state index in [-0.39, 0.29) is 5.75 Å². The Morgan fingerprint density at radius 2 is 1.52 bits per heavy atom. The van der Waals surface area contributed by atoms with E-state index in [1.54, 1.807) is 12.1 Å². The van der Waals surface area contributed by atoms with Gasteiger partial charge in [0.25, 0.3) is 0 Å². The number of phenolic OH excluding ortho intramolecular Hbond substituents is 1. The molecule has 31 heavy (non-hydrogen) atoms. The van der Waals surface area contributed by atoms with Crippen LogP contribution in [0.4, 0.5) is 5.69 Å². The second-order valence-corrected chi connectivity index (χ2v) is 8.83. The Balaban J connectivity index is 1.56. The number of fused-ring (bicyclic) bond motifs is 1. The maximum absolute atomic E-state index is 11.8. The van der Waals surface area contributed by atoms with Gasteiger partial charge in [-0.3, -0.25) is 0 Å². The van der Waals surface area contributed by atoms with E-state index in [1.165, 1.54) is 16.7 Å². The van der Waals surface area contributed by atoms with E-state index < -0.39 is 5.60 Å². The minimum absolute atomic E-state index is 0.0817. The lowest BCUT2D eigenvalue weighted by Crippen LogP contribution is -2.34. The van der Waals surface area contributed by atoms with E-state index in [0.29, 0.717) is 18.7 Å². The molecule has 0 radical (unpaired) electrons. The number of rotatable bonds is 4. The zero-order valence-electron chi connectivity index (χ0n) is 16.9. The normalized spacial score (nSPS) is 17.5. The molecule has 3 nitrogen and oxygen atoms in total. The highest BCUT2D eigenvalue weighted by atomic mass is 79.9. The molecule has 0 aromatic heterocycles. The van der Waals surface area contributed by atoms with Crippen LogP contribution in [0.1, 0.15) is 16.7 Å². The largest absolute Gasteiger partial charge is 0.508 e. The molecule has 4 aromatic carbocycles. The molecule has 2 N–H and O–H groups in total. The second-order valence-electron chi connectivity index (χ2n) is 7.92. The Morgan fingerprint density at radius 3 is 2.32 bits per heavy atom. The molecular weight excluding hydrogens is 450 g/mol. The van der Waals surface area contributed by atoms with Crippen LogP contribution in [-0.2, 0) is 12.1 Å². The maximum Gasteiger partial charge on any atom is 0.138 e. The van der Waals surface area contributed by atoms with Gasteiger partial charge in [-0.2, -0.15) is 0 Å². The van der Waals surface area contributed by atoms with Crippen molar-refractivity contribution in [3.05, 3.63) is 118 Å². The van der Waals surface area contributed by atoms with Crippen LogP contribution >= 0.6 is 15.9 Å². The number of anilines is 1. The van der Waals surface area contributed by atoms with Gasteiger partial charge in [0, 0.05) is 27.8 Å². The van der Waals surface area contributed by atoms with Gasteiger partial charge in [0.1, 0.15) is 11.4 Å². The number of β-amino-alcohol motifs (C(OH)–C–C–N with tert-alkyl or cyclic N) is 1. The number of aromatic hydroxyl groups is 1. The summed E-state index contributed by atoms with van der Waals surface area (Å²) in [5.41, 5.74) is 4.56. The molecule has 1 aliphatic rings. The number of aliphatic hydroxyl groups is 1. The smallest absolute Gasteiger partial charge is 0.138 e. The number of para-hydroxylation sites is 1. The summed E-state index contributed by atoms with van der Waals surface area (Å²) in [4.78, 5) is 2.19. The summed E-state index contributed by atoms with van der Waals surface area (Å²) in [6, 6.07) is 31.9. The molecule has 1 unspecified atom stereocenters. The Hall–Kier alpha value is -3.08. The zero-order valence-corrected chi connectivity index (χ0v) is 18.5. The van der Waals surface area contributed by atoms with Gasteiger partial charge in [0.2, 0.25) is 0 Å². The van der Waals surface area contributed by atoms with Gasteiger partial charge in [-0.05, 0) is 34.9 Å². The van der Waals surface area contributed by atoms with Crippen molar-refractivity contribution in [1.82, 2.24) is 0 Å². The van der Waals surface area contributed by atoms with Gasteiger partial charge in [-0.15, -0.1) is 0 Å². The maximum atomic E-state index is 11.8. The summed E-state index contributed by atoms with van der Waals surface area (Å²) in [7, 11) is 0. The van der Waals surface area contributed by atoms with Crippen LogP contribution in [0, 0.1) is 0 Å². The average Bonchev–Trinajstić information content (AvgIpc) is 3.07. The van der Waals surface area contributed by atoms with Crippen molar-refractivity contribution >= 4 is 21.6 Å². The van der Waals surface area contributed by atoms with E-state index in [2.05, 4.69) is 57.2 Å². The first-order valence-electron chi connectivity index (χ1n) is 10.3. The minimum atomic E-state index is -1.29. The lowest BCUT2D eigenvalue weighted by atomic mass is 9.87. The van der Waals surface area contributed by atoms with E-state index in [4.69, 9.17) is 0 Å². The molecule has 154 valence electrons. The molecule has 1 aliphatic heterocycles. The summed E-state index contributed by atoms with van der Waals surface area (Å²) in [6.07, 6.45) is 0. The Bertz CT molecular complexity index is 1240. The second kappa shape index (κ2) is 7.88. The van der Waals surface area contributed by atoms with Crippen LogP contribution in [-0.4, -0.2) is 16.8 Å². The lowest BCUT2D eigenvalue weighted by Gasteiger charge is -2.27. The van der Waals surface area contributed by atoms with E-state index >= 15 is 0 Å². The standard InChI is InChI=1S/C27H22BrNO2/c28-21-14-15-24(26(30)16-21)27(31)18-29(25-13-7-6-12-23(25)27)17-20-10-4-5-11-22(20)19-8-2-1-3-9-19/h1-16,30-31H,17-18H2. The molecule has 0 bridgehead atoms. The van der Waals surface area contributed by atoms with Crippen molar-refractivity contribution in [2.45, 2.75) is 12.1 Å². The number of hydrogen-bond donors (Lipinski definition) is 2. The molecule has 5 rings (SSSR count). The van der Waals surface area contributed by atoms with Crippen LogP contribution in [0.25, 0.3) is 11.1 Å². The number of benzene rings is 4. The third-order valence-electron chi connectivity index (χ3n) is 5.98. The summed E-state index contributed by atoms with van der Waals surface area (Å²) in [5, 5.41) is 22.4. The molecule has 4 aromatic rings. The predicted octanol–water partition coefficient (Wildman–Crippen LogP) is 6.08. The van der Waals surface area contributed by atoms with Crippen molar-refractivity contribution in [3.8, 4) is 16.9 Å². The van der Waals surface area contributed by atoms with Crippen LogP contribution in [0.15, 0.2) is 102 Å². The monoisotopic (exact) mass is 471 g/mol. The molecule has 4 heteroatoms. The Morgan fingerprint density at radius 1 is 0.806 bits per heavy atom. The number of nitrogens with zero attached hydrogens (tertiary/aromatic N) is 1. The van der Waals surface area contributed by atoms with Gasteiger partial charge in [-0.1, -0.05) is 94.8 Å². The van der Waals surface area contributed by atoms with E-state index in [0.717, 1.165) is 15.7 Å². The number of hydrogen-bond acceptors (Lipinski definition) is 3. The first kappa shape index (κ1) is 19.9. The van der Waals surface area contributed by atoms with Gasteiger partial charge in [-0.25, -0.2) is 0 Å². The lowest BCUT2D eigenvalue weighted by molar-refractivity contribution is 0.0948. The van der Waals surface area contributed by atoms with Crippen LogP contribution in [0.2, 0.25) is 0 Å². The average molecular weight is 472 g/mol. The predicted molar refractivity (Wildman–Crippen MR) is 128 cm³/mol.